The van der Waals surface area contributed by atoms with Gasteiger partial charge in [0.15, 0.2) is 0 Å². The second kappa shape index (κ2) is 6.98. The molecule has 4 heteroatoms. The highest BCUT2D eigenvalue weighted by Gasteiger charge is 2.39. The van der Waals surface area contributed by atoms with Gasteiger partial charge in [0, 0.05) is 11.3 Å². The fourth-order valence-corrected chi connectivity index (χ4v) is 3.74. The number of fused-ring (bicyclic) bond motifs is 1. The zero-order valence-corrected chi connectivity index (χ0v) is 15.9. The van der Waals surface area contributed by atoms with Gasteiger partial charge in [-0.1, -0.05) is 25.8 Å². The molecule has 2 rings (SSSR count). The summed E-state index contributed by atoms with van der Waals surface area (Å²) >= 11 is 0. The largest absolute Gasteiger partial charge is 0.350 e. The molecule has 0 fully saturated rings. The van der Waals surface area contributed by atoms with Crippen molar-refractivity contribution in [2.75, 3.05) is 4.90 Å². The standard InChI is InChI=1S/C20H31N3O/c1-7-8-9-17(19(24)22-21)23-18-11-14(3)13(2)10-16(18)15(4)12-20(23,5)6/h10-12,17H,7-9,21H2,1-6H3,(H,22,24). The first-order valence-electron chi connectivity index (χ1n) is 8.83. The highest BCUT2D eigenvalue weighted by Crippen LogP contribution is 2.42. The molecule has 1 unspecified atom stereocenters. The Morgan fingerprint density at radius 3 is 2.46 bits per heavy atom. The number of rotatable bonds is 5. The maximum absolute atomic E-state index is 12.5. The first kappa shape index (κ1) is 18.5. The van der Waals surface area contributed by atoms with Gasteiger partial charge in [0.25, 0.3) is 5.91 Å². The number of carbonyl (C=O) groups is 1. The van der Waals surface area contributed by atoms with Crippen LogP contribution in [0.4, 0.5) is 5.69 Å². The molecule has 0 spiro atoms. The molecule has 0 aromatic heterocycles. The normalized spacial score (nSPS) is 17.1. The Kier molecular flexibility index (Phi) is 5.38. The van der Waals surface area contributed by atoms with Crippen LogP contribution in [0.2, 0.25) is 0 Å². The van der Waals surface area contributed by atoms with Crippen LogP contribution in [0.25, 0.3) is 5.57 Å². The van der Waals surface area contributed by atoms with E-state index in [1.165, 1.54) is 22.3 Å². The number of benzene rings is 1. The fourth-order valence-electron chi connectivity index (χ4n) is 3.74. The van der Waals surface area contributed by atoms with Crippen molar-refractivity contribution in [3.8, 4) is 0 Å². The quantitative estimate of drug-likeness (QED) is 0.490. The third kappa shape index (κ3) is 3.34. The number of nitrogens with two attached hydrogens (primary N) is 1. The van der Waals surface area contributed by atoms with E-state index in [2.05, 4.69) is 70.1 Å². The molecule has 1 aromatic rings. The molecule has 0 saturated heterocycles. The molecule has 1 aliphatic heterocycles. The average Bonchev–Trinajstić information content (AvgIpc) is 2.51. The minimum atomic E-state index is -0.268. The van der Waals surface area contributed by atoms with E-state index in [0.29, 0.717) is 0 Å². The van der Waals surface area contributed by atoms with Gasteiger partial charge in [0.05, 0.1) is 5.54 Å². The molecule has 1 heterocycles. The van der Waals surface area contributed by atoms with Gasteiger partial charge in [0.2, 0.25) is 0 Å². The monoisotopic (exact) mass is 329 g/mol. The Morgan fingerprint density at radius 1 is 1.25 bits per heavy atom. The molecule has 0 bridgehead atoms. The number of amides is 1. The summed E-state index contributed by atoms with van der Waals surface area (Å²) in [6.07, 6.45) is 5.10. The molecular weight excluding hydrogens is 298 g/mol. The second-order valence-electron chi connectivity index (χ2n) is 7.47. The zero-order valence-electron chi connectivity index (χ0n) is 15.9. The Bertz CT molecular complexity index is 661. The van der Waals surface area contributed by atoms with Crippen LogP contribution in [-0.2, 0) is 4.79 Å². The third-order valence-electron chi connectivity index (χ3n) is 5.07. The van der Waals surface area contributed by atoms with Gasteiger partial charge < -0.3 is 4.90 Å². The summed E-state index contributed by atoms with van der Waals surface area (Å²) in [5.41, 5.74) is 8.25. The number of unbranched alkanes of at least 4 members (excludes halogenated alkanes) is 1. The van der Waals surface area contributed by atoms with E-state index in [1.54, 1.807) is 0 Å². The number of anilines is 1. The van der Waals surface area contributed by atoms with Crippen LogP contribution in [0.3, 0.4) is 0 Å². The summed E-state index contributed by atoms with van der Waals surface area (Å²) in [4.78, 5) is 14.8. The van der Waals surface area contributed by atoms with E-state index < -0.39 is 0 Å². The Labute approximate surface area is 146 Å². The molecule has 24 heavy (non-hydrogen) atoms. The lowest BCUT2D eigenvalue weighted by Crippen LogP contribution is -2.57. The SMILES string of the molecule is CCCCC(C(=O)NN)N1c2cc(C)c(C)cc2C(C)=CC1(C)C. The van der Waals surface area contributed by atoms with Crippen LogP contribution in [-0.4, -0.2) is 17.5 Å². The average molecular weight is 329 g/mol. The van der Waals surface area contributed by atoms with Gasteiger partial charge in [0.1, 0.15) is 6.04 Å². The molecule has 0 saturated carbocycles. The lowest BCUT2D eigenvalue weighted by atomic mass is 9.85. The van der Waals surface area contributed by atoms with E-state index in [0.717, 1.165) is 24.9 Å². The van der Waals surface area contributed by atoms with Crippen LogP contribution >= 0.6 is 0 Å². The maximum Gasteiger partial charge on any atom is 0.256 e. The second-order valence-corrected chi connectivity index (χ2v) is 7.47. The van der Waals surface area contributed by atoms with Crippen molar-refractivity contribution in [1.82, 2.24) is 5.43 Å². The molecule has 4 nitrogen and oxygen atoms in total. The van der Waals surface area contributed by atoms with Gasteiger partial charge >= 0.3 is 0 Å². The van der Waals surface area contributed by atoms with E-state index in [4.69, 9.17) is 5.84 Å². The topological polar surface area (TPSA) is 58.4 Å². The third-order valence-corrected chi connectivity index (χ3v) is 5.07. The number of nitrogens with zero attached hydrogens (tertiary/aromatic N) is 1. The molecular formula is C20H31N3O. The van der Waals surface area contributed by atoms with Crippen molar-refractivity contribution < 1.29 is 4.79 Å². The van der Waals surface area contributed by atoms with Crippen LogP contribution in [0.1, 0.15) is 63.6 Å². The highest BCUT2D eigenvalue weighted by atomic mass is 16.2. The number of aryl methyl sites for hydroxylation is 2. The molecule has 1 atom stereocenters. The maximum atomic E-state index is 12.5. The lowest BCUT2D eigenvalue weighted by Gasteiger charge is -2.47. The smallest absolute Gasteiger partial charge is 0.256 e. The zero-order chi connectivity index (χ0) is 18.1. The van der Waals surface area contributed by atoms with Crippen molar-refractivity contribution >= 4 is 17.2 Å². The van der Waals surface area contributed by atoms with Crippen molar-refractivity contribution in [3.63, 3.8) is 0 Å². The number of nitrogens with one attached hydrogen (secondary N) is 1. The highest BCUT2D eigenvalue weighted by molar-refractivity contribution is 5.90. The van der Waals surface area contributed by atoms with Crippen LogP contribution in [0.15, 0.2) is 18.2 Å². The summed E-state index contributed by atoms with van der Waals surface area (Å²) in [7, 11) is 0. The van der Waals surface area contributed by atoms with Crippen molar-refractivity contribution in [2.24, 2.45) is 5.84 Å². The molecule has 1 aromatic carbocycles. The molecule has 3 N–H and O–H groups in total. The number of allylic oxidation sites excluding steroid dienone is 1. The first-order valence-corrected chi connectivity index (χ1v) is 8.83. The van der Waals surface area contributed by atoms with E-state index in [9.17, 15) is 4.79 Å². The minimum absolute atomic E-state index is 0.117. The molecule has 1 aliphatic rings. The molecule has 132 valence electrons. The fraction of sp³-hybridized carbons (Fsp3) is 0.550. The van der Waals surface area contributed by atoms with Gasteiger partial charge in [-0.15, -0.1) is 0 Å². The Morgan fingerprint density at radius 2 is 1.88 bits per heavy atom. The van der Waals surface area contributed by atoms with Crippen molar-refractivity contribution in [3.05, 3.63) is 34.9 Å². The molecule has 1 amide bonds. The van der Waals surface area contributed by atoms with E-state index in [1.807, 2.05) is 0 Å². The number of hydrogen-bond acceptors (Lipinski definition) is 3. The lowest BCUT2D eigenvalue weighted by molar-refractivity contribution is -0.122. The summed E-state index contributed by atoms with van der Waals surface area (Å²) < 4.78 is 0. The predicted molar refractivity (Wildman–Crippen MR) is 102 cm³/mol. The predicted octanol–water partition coefficient (Wildman–Crippen LogP) is 3.85. The summed E-state index contributed by atoms with van der Waals surface area (Å²) in [6, 6.07) is 4.18. The number of carbonyl (C=O) groups excluding carboxylic acids is 1. The number of hydrazine groups is 1. The van der Waals surface area contributed by atoms with Crippen LogP contribution in [0, 0.1) is 13.8 Å². The Balaban J connectivity index is 2.62. The molecule has 0 radical (unpaired) electrons. The van der Waals surface area contributed by atoms with E-state index >= 15 is 0 Å². The van der Waals surface area contributed by atoms with Gasteiger partial charge in [-0.25, -0.2) is 5.84 Å². The summed E-state index contributed by atoms with van der Waals surface area (Å²) in [5, 5.41) is 0. The van der Waals surface area contributed by atoms with Gasteiger partial charge in [-0.05, 0) is 69.9 Å². The molecule has 0 aliphatic carbocycles. The van der Waals surface area contributed by atoms with Gasteiger partial charge in [-0.3, -0.25) is 10.2 Å². The van der Waals surface area contributed by atoms with Crippen LogP contribution in [0.5, 0.6) is 0 Å². The summed E-state index contributed by atoms with van der Waals surface area (Å²) in [5.74, 6) is 5.38. The van der Waals surface area contributed by atoms with Gasteiger partial charge in [-0.2, -0.15) is 0 Å². The first-order chi connectivity index (χ1) is 11.2. The van der Waals surface area contributed by atoms with Crippen LogP contribution < -0.4 is 16.2 Å². The minimum Gasteiger partial charge on any atom is -0.350 e. The van der Waals surface area contributed by atoms with Crippen molar-refractivity contribution in [2.45, 2.75) is 72.4 Å². The van der Waals surface area contributed by atoms with Crippen molar-refractivity contribution in [1.29, 1.82) is 0 Å². The summed E-state index contributed by atoms with van der Waals surface area (Å²) in [6.45, 7) is 12.9. The Hall–Kier alpha value is -1.81. The number of hydrogen-bond donors (Lipinski definition) is 2. The van der Waals surface area contributed by atoms with E-state index in [-0.39, 0.29) is 17.5 Å².